The van der Waals surface area contributed by atoms with Gasteiger partial charge in [0, 0.05) is 22.2 Å². The fourth-order valence-electron chi connectivity index (χ4n) is 5.31. The average Bonchev–Trinajstić information content (AvgIpc) is 3.32. The zero-order chi connectivity index (χ0) is 24.6. The Labute approximate surface area is 210 Å². The minimum Gasteiger partial charge on any atom is -0.411 e. The lowest BCUT2D eigenvalue weighted by Gasteiger charge is -2.51. The van der Waals surface area contributed by atoms with Crippen molar-refractivity contribution in [1.82, 2.24) is 10.2 Å². The summed E-state index contributed by atoms with van der Waals surface area (Å²) >= 11 is 1.28. The van der Waals surface area contributed by atoms with E-state index < -0.39 is 0 Å². The number of para-hydroxylation sites is 1. The Morgan fingerprint density at radius 3 is 2.37 bits per heavy atom. The van der Waals surface area contributed by atoms with Crippen molar-refractivity contribution in [1.29, 1.82) is 0 Å². The Hall–Kier alpha value is -3.38. The summed E-state index contributed by atoms with van der Waals surface area (Å²) in [6, 6.07) is 26.8. The molecule has 1 amide bonds. The maximum Gasteiger partial charge on any atom is 0.277 e. The van der Waals surface area contributed by atoms with Crippen molar-refractivity contribution in [3.63, 3.8) is 0 Å². The van der Waals surface area contributed by atoms with Crippen LogP contribution in [0.25, 0.3) is 11.5 Å². The van der Waals surface area contributed by atoms with Crippen molar-refractivity contribution in [2.75, 3.05) is 10.7 Å². The first kappa shape index (κ1) is 23.4. The zero-order valence-electron chi connectivity index (χ0n) is 20.5. The van der Waals surface area contributed by atoms with Gasteiger partial charge in [0.05, 0.1) is 5.75 Å². The molecule has 6 heteroatoms. The molecule has 5 rings (SSSR count). The largest absolute Gasteiger partial charge is 0.411 e. The van der Waals surface area contributed by atoms with Crippen molar-refractivity contribution in [3.8, 4) is 11.5 Å². The number of anilines is 1. The van der Waals surface area contributed by atoms with Gasteiger partial charge in [0.2, 0.25) is 11.8 Å². The number of benzene rings is 3. The highest BCUT2D eigenvalue weighted by Gasteiger charge is 2.47. The van der Waals surface area contributed by atoms with Crippen LogP contribution < -0.4 is 4.90 Å². The molecule has 2 heterocycles. The van der Waals surface area contributed by atoms with Crippen LogP contribution in [0.15, 0.2) is 88.5 Å². The molecule has 0 N–H and O–H groups in total. The quantitative estimate of drug-likeness (QED) is 0.297. The molecule has 35 heavy (non-hydrogen) atoms. The zero-order valence-corrected chi connectivity index (χ0v) is 21.3. The SMILES string of the molecule is Cc1ccc(-c2nnc(SCC(=O)N3c4ccccc4[C@](C)(c4ccccc4)CC3(C)C)o2)cc1. The van der Waals surface area contributed by atoms with E-state index in [9.17, 15) is 4.79 Å². The predicted octanol–water partition coefficient (Wildman–Crippen LogP) is 6.66. The van der Waals surface area contributed by atoms with E-state index in [2.05, 4.69) is 73.4 Å². The molecule has 1 aromatic heterocycles. The maximum atomic E-state index is 13.6. The molecule has 178 valence electrons. The first-order valence-electron chi connectivity index (χ1n) is 11.8. The Kier molecular flexibility index (Phi) is 6.01. The Balaban J connectivity index is 1.40. The van der Waals surface area contributed by atoms with Crippen molar-refractivity contribution < 1.29 is 9.21 Å². The standard InChI is InChI=1S/C29H29N3O2S/c1-20-14-16-21(17-15-20)26-30-31-27(34-26)35-18-25(33)32-24-13-9-8-12-23(24)29(4,19-28(32,2)3)22-10-6-5-7-11-22/h5-17H,18-19H2,1-4H3/t29-/m0/s1. The summed E-state index contributed by atoms with van der Waals surface area (Å²) < 4.78 is 5.83. The van der Waals surface area contributed by atoms with Gasteiger partial charge in [-0.15, -0.1) is 10.2 Å². The number of aromatic nitrogens is 2. The van der Waals surface area contributed by atoms with E-state index in [0.717, 1.165) is 17.7 Å². The Bertz CT molecular complexity index is 1350. The van der Waals surface area contributed by atoms with Crippen molar-refractivity contribution in [3.05, 3.63) is 95.6 Å². The molecule has 0 saturated heterocycles. The third-order valence-corrected chi connectivity index (χ3v) is 7.62. The lowest BCUT2D eigenvalue weighted by atomic mass is 9.65. The minimum atomic E-state index is -0.376. The summed E-state index contributed by atoms with van der Waals surface area (Å²) in [5, 5.41) is 8.71. The number of amides is 1. The number of fused-ring (bicyclic) bond motifs is 1. The van der Waals surface area contributed by atoms with Crippen LogP contribution in [0, 0.1) is 6.92 Å². The number of rotatable bonds is 5. The second-order valence-corrected chi connectivity index (χ2v) is 10.9. The Morgan fingerprint density at radius 1 is 0.943 bits per heavy atom. The fourth-order valence-corrected chi connectivity index (χ4v) is 5.92. The van der Waals surface area contributed by atoms with E-state index in [1.807, 2.05) is 48.2 Å². The summed E-state index contributed by atoms with van der Waals surface area (Å²) in [5.74, 6) is 0.704. The van der Waals surface area contributed by atoms with Gasteiger partial charge < -0.3 is 9.32 Å². The van der Waals surface area contributed by atoms with E-state index >= 15 is 0 Å². The summed E-state index contributed by atoms with van der Waals surface area (Å²) in [5.41, 5.74) is 4.86. The molecule has 1 aliphatic heterocycles. The topological polar surface area (TPSA) is 59.2 Å². The first-order chi connectivity index (χ1) is 16.8. The van der Waals surface area contributed by atoms with Gasteiger partial charge in [0.1, 0.15) is 0 Å². The van der Waals surface area contributed by atoms with Gasteiger partial charge in [0.15, 0.2) is 0 Å². The lowest BCUT2D eigenvalue weighted by Crippen LogP contribution is -2.56. The van der Waals surface area contributed by atoms with Gasteiger partial charge in [-0.05, 0) is 56.5 Å². The molecule has 3 aromatic carbocycles. The van der Waals surface area contributed by atoms with Gasteiger partial charge in [-0.25, -0.2) is 0 Å². The normalized spacial score (nSPS) is 18.8. The van der Waals surface area contributed by atoms with Crippen LogP contribution in [0.4, 0.5) is 5.69 Å². The van der Waals surface area contributed by atoms with Crippen LogP contribution in [-0.2, 0) is 10.2 Å². The molecular weight excluding hydrogens is 454 g/mol. The Morgan fingerprint density at radius 2 is 1.63 bits per heavy atom. The molecular formula is C29H29N3O2S. The molecule has 0 bridgehead atoms. The monoisotopic (exact) mass is 483 g/mol. The fraction of sp³-hybridized carbons (Fsp3) is 0.276. The van der Waals surface area contributed by atoms with Crippen LogP contribution in [0.5, 0.6) is 0 Å². The van der Waals surface area contributed by atoms with Crippen LogP contribution in [0.2, 0.25) is 0 Å². The van der Waals surface area contributed by atoms with Crippen LogP contribution in [0.1, 0.15) is 43.9 Å². The van der Waals surface area contributed by atoms with Crippen LogP contribution in [-0.4, -0.2) is 27.4 Å². The predicted molar refractivity (Wildman–Crippen MR) is 141 cm³/mol. The number of hydrogen-bond acceptors (Lipinski definition) is 5. The maximum absolute atomic E-state index is 13.6. The van der Waals surface area contributed by atoms with Gasteiger partial charge in [-0.3, -0.25) is 4.79 Å². The highest BCUT2D eigenvalue weighted by Crippen LogP contribution is 2.50. The lowest BCUT2D eigenvalue weighted by molar-refractivity contribution is -0.117. The molecule has 0 saturated carbocycles. The molecule has 1 aliphatic rings. The second kappa shape index (κ2) is 9.00. The molecule has 0 aliphatic carbocycles. The molecule has 0 fully saturated rings. The number of thioether (sulfide) groups is 1. The van der Waals surface area contributed by atoms with E-state index in [-0.39, 0.29) is 22.6 Å². The van der Waals surface area contributed by atoms with Crippen LogP contribution >= 0.6 is 11.8 Å². The van der Waals surface area contributed by atoms with E-state index in [0.29, 0.717) is 11.1 Å². The molecule has 0 spiro atoms. The van der Waals surface area contributed by atoms with Gasteiger partial charge in [0.25, 0.3) is 5.22 Å². The van der Waals surface area contributed by atoms with Gasteiger partial charge in [-0.1, -0.05) is 84.9 Å². The molecule has 5 nitrogen and oxygen atoms in total. The smallest absolute Gasteiger partial charge is 0.277 e. The van der Waals surface area contributed by atoms with Crippen molar-refractivity contribution >= 4 is 23.4 Å². The third-order valence-electron chi connectivity index (χ3n) is 6.82. The van der Waals surface area contributed by atoms with E-state index in [1.165, 1.54) is 28.5 Å². The number of carbonyl (C=O) groups excluding carboxylic acids is 1. The first-order valence-corrected chi connectivity index (χ1v) is 12.8. The number of hydrogen-bond donors (Lipinski definition) is 0. The molecule has 1 atom stereocenters. The highest BCUT2D eigenvalue weighted by molar-refractivity contribution is 7.99. The third kappa shape index (κ3) is 4.39. The minimum absolute atomic E-state index is 0.0256. The molecule has 0 unspecified atom stereocenters. The number of carbonyl (C=O) groups is 1. The summed E-state index contributed by atoms with van der Waals surface area (Å²) in [6.07, 6.45) is 0.815. The van der Waals surface area contributed by atoms with Crippen LogP contribution in [0.3, 0.4) is 0 Å². The highest BCUT2D eigenvalue weighted by atomic mass is 32.2. The van der Waals surface area contributed by atoms with Gasteiger partial charge in [-0.2, -0.15) is 0 Å². The van der Waals surface area contributed by atoms with Crippen molar-refractivity contribution in [2.45, 2.75) is 50.3 Å². The average molecular weight is 484 g/mol. The van der Waals surface area contributed by atoms with Crippen molar-refractivity contribution in [2.24, 2.45) is 0 Å². The number of aryl methyl sites for hydroxylation is 1. The van der Waals surface area contributed by atoms with E-state index in [4.69, 9.17) is 4.42 Å². The summed E-state index contributed by atoms with van der Waals surface area (Å²) in [4.78, 5) is 15.6. The van der Waals surface area contributed by atoms with Gasteiger partial charge >= 0.3 is 0 Å². The number of nitrogens with zero attached hydrogens (tertiary/aromatic N) is 3. The molecule has 0 radical (unpaired) electrons. The van der Waals surface area contributed by atoms with E-state index in [1.54, 1.807) is 0 Å². The second-order valence-electron chi connectivity index (χ2n) is 9.96. The summed E-state index contributed by atoms with van der Waals surface area (Å²) in [7, 11) is 0. The summed E-state index contributed by atoms with van der Waals surface area (Å²) in [6.45, 7) is 8.61. The molecule has 4 aromatic rings.